The van der Waals surface area contributed by atoms with Crippen LogP contribution in [0.25, 0.3) is 0 Å². The van der Waals surface area contributed by atoms with Gasteiger partial charge in [0.15, 0.2) is 0 Å². The number of unbranched alkanes of at least 4 members (excludes halogenated alkanes) is 1. The van der Waals surface area contributed by atoms with Crippen molar-refractivity contribution in [1.82, 2.24) is 20.0 Å². The quantitative estimate of drug-likeness (QED) is 0.379. The van der Waals surface area contributed by atoms with Gasteiger partial charge in [-0.25, -0.2) is 0 Å². The molecule has 3 rings (SSSR count). The van der Waals surface area contributed by atoms with Crippen molar-refractivity contribution in [2.75, 3.05) is 58.7 Å². The number of benzene rings is 1. The summed E-state index contributed by atoms with van der Waals surface area (Å²) >= 11 is 1.32. The molecule has 0 saturated carbocycles. The summed E-state index contributed by atoms with van der Waals surface area (Å²) in [4.78, 5) is 31.9. The maximum atomic E-state index is 12.9. The van der Waals surface area contributed by atoms with Gasteiger partial charge in [0, 0.05) is 44.0 Å². The van der Waals surface area contributed by atoms with E-state index in [4.69, 9.17) is 4.74 Å². The topological polar surface area (TPSA) is 65.1 Å². The molecule has 1 aliphatic carbocycles. The van der Waals surface area contributed by atoms with Gasteiger partial charge in [-0.15, -0.1) is 0 Å². The molecule has 1 atom stereocenters. The lowest BCUT2D eigenvalue weighted by Gasteiger charge is -2.35. The first-order chi connectivity index (χ1) is 17.9. The third-order valence-corrected chi connectivity index (χ3v) is 8.35. The van der Waals surface area contributed by atoms with Crippen LogP contribution in [0.3, 0.4) is 0 Å². The van der Waals surface area contributed by atoms with Crippen LogP contribution in [0.1, 0.15) is 64.0 Å². The third kappa shape index (κ3) is 9.48. The van der Waals surface area contributed by atoms with E-state index in [2.05, 4.69) is 49.2 Å². The van der Waals surface area contributed by atoms with E-state index in [1.54, 1.807) is 12.0 Å². The highest BCUT2D eigenvalue weighted by Crippen LogP contribution is 2.28. The minimum Gasteiger partial charge on any atom is -0.497 e. The summed E-state index contributed by atoms with van der Waals surface area (Å²) in [6.45, 7) is 11.9. The van der Waals surface area contributed by atoms with E-state index >= 15 is 0 Å². The number of thioether (sulfide) groups is 1. The second kappa shape index (κ2) is 15.6. The van der Waals surface area contributed by atoms with Crippen molar-refractivity contribution in [1.29, 1.82) is 0 Å². The highest BCUT2D eigenvalue weighted by molar-refractivity contribution is 8.13. The van der Waals surface area contributed by atoms with Crippen LogP contribution in [0.15, 0.2) is 18.2 Å². The predicted octanol–water partition coefficient (Wildman–Crippen LogP) is 4.43. The molecule has 1 aliphatic heterocycles. The zero-order chi connectivity index (χ0) is 26.6. The lowest BCUT2D eigenvalue weighted by Crippen LogP contribution is -2.41. The highest BCUT2D eigenvalue weighted by atomic mass is 32.2. The number of hydrogen-bond donors (Lipinski definition) is 1. The molecule has 0 spiro atoms. The number of nitrogens with one attached hydrogen (secondary N) is 1. The first-order valence-electron chi connectivity index (χ1n) is 14.2. The van der Waals surface area contributed by atoms with Crippen molar-refractivity contribution in [3.63, 3.8) is 0 Å². The van der Waals surface area contributed by atoms with Crippen molar-refractivity contribution in [3.8, 4) is 5.75 Å². The second-order valence-electron chi connectivity index (χ2n) is 10.7. The SMILES string of the molecule is CCCN(CCCCN1CCCN(C(=O)SCCNC(C)C)CC1=O)C1CCc2ccc(OC)cc2C1. The average molecular weight is 533 g/mol. The van der Waals surface area contributed by atoms with Gasteiger partial charge < -0.3 is 24.8 Å². The fraction of sp³-hybridized carbons (Fsp3) is 0.724. The summed E-state index contributed by atoms with van der Waals surface area (Å²) in [5.41, 5.74) is 2.90. The van der Waals surface area contributed by atoms with E-state index in [1.807, 2.05) is 4.90 Å². The van der Waals surface area contributed by atoms with Crippen LogP contribution < -0.4 is 10.1 Å². The molecule has 208 valence electrons. The molecule has 37 heavy (non-hydrogen) atoms. The molecular weight excluding hydrogens is 484 g/mol. The molecular formula is C29H48N4O3S. The molecule has 7 nitrogen and oxygen atoms in total. The standard InChI is InChI=1S/C29H48N4O3S/c1-5-14-31(26-11-9-24-10-12-27(36-4)21-25(24)20-26)15-6-7-16-32-17-8-18-33(22-28(32)34)29(35)37-19-13-30-23(2)3/h10,12,21,23,26,30H,5-9,11,13-20,22H2,1-4H3. The molecule has 0 radical (unpaired) electrons. The molecule has 1 fully saturated rings. The second-order valence-corrected chi connectivity index (χ2v) is 11.7. The Hall–Kier alpha value is -1.77. The Kier molecular flexibility index (Phi) is 12.6. The minimum atomic E-state index is 0.0302. The molecule has 1 heterocycles. The largest absolute Gasteiger partial charge is 0.497 e. The Labute approximate surface area is 228 Å². The molecule has 2 amide bonds. The molecule has 1 aromatic rings. The number of ether oxygens (including phenoxy) is 1. The van der Waals surface area contributed by atoms with Gasteiger partial charge in [-0.05, 0) is 81.3 Å². The van der Waals surface area contributed by atoms with Gasteiger partial charge >= 0.3 is 0 Å². The predicted molar refractivity (Wildman–Crippen MR) is 154 cm³/mol. The molecule has 1 N–H and O–H groups in total. The van der Waals surface area contributed by atoms with Crippen molar-refractivity contribution < 1.29 is 14.3 Å². The molecule has 1 saturated heterocycles. The van der Waals surface area contributed by atoms with Crippen LogP contribution in [-0.4, -0.2) is 96.6 Å². The molecule has 8 heteroatoms. The van der Waals surface area contributed by atoms with Crippen molar-refractivity contribution in [2.24, 2.45) is 0 Å². The van der Waals surface area contributed by atoms with E-state index in [0.29, 0.717) is 18.6 Å². The number of rotatable bonds is 13. The summed E-state index contributed by atoms with van der Waals surface area (Å²) in [5, 5.41) is 3.36. The molecule has 2 aliphatic rings. The van der Waals surface area contributed by atoms with Gasteiger partial charge in [0.2, 0.25) is 5.91 Å². The first-order valence-corrected chi connectivity index (χ1v) is 15.2. The average Bonchev–Trinajstić information content (AvgIpc) is 3.08. The maximum Gasteiger partial charge on any atom is 0.282 e. The summed E-state index contributed by atoms with van der Waals surface area (Å²) < 4.78 is 5.46. The normalized spacial score (nSPS) is 18.3. The Balaban J connectivity index is 1.41. The van der Waals surface area contributed by atoms with Gasteiger partial charge in [-0.1, -0.05) is 38.6 Å². The summed E-state index contributed by atoms with van der Waals surface area (Å²) in [5.74, 6) is 1.78. The summed E-state index contributed by atoms with van der Waals surface area (Å²) in [7, 11) is 1.74. The van der Waals surface area contributed by atoms with Gasteiger partial charge in [-0.2, -0.15) is 0 Å². The number of carbonyl (C=O) groups excluding carboxylic acids is 2. The Bertz CT molecular complexity index is 866. The van der Waals surface area contributed by atoms with E-state index in [-0.39, 0.29) is 17.7 Å². The van der Waals surface area contributed by atoms with Gasteiger partial charge in [0.05, 0.1) is 7.11 Å². The smallest absolute Gasteiger partial charge is 0.282 e. The third-order valence-electron chi connectivity index (χ3n) is 7.44. The van der Waals surface area contributed by atoms with Gasteiger partial charge in [0.1, 0.15) is 12.3 Å². The lowest BCUT2D eigenvalue weighted by atomic mass is 9.87. The Morgan fingerprint density at radius 2 is 2.05 bits per heavy atom. The summed E-state index contributed by atoms with van der Waals surface area (Å²) in [6, 6.07) is 7.51. The Morgan fingerprint density at radius 3 is 2.81 bits per heavy atom. The zero-order valence-corrected chi connectivity index (χ0v) is 24.3. The molecule has 1 aromatic carbocycles. The minimum absolute atomic E-state index is 0.0302. The van der Waals surface area contributed by atoms with Crippen LogP contribution in [0.2, 0.25) is 0 Å². The van der Waals surface area contributed by atoms with E-state index in [0.717, 1.165) is 82.8 Å². The number of fused-ring (bicyclic) bond motifs is 1. The monoisotopic (exact) mass is 532 g/mol. The number of nitrogens with zero attached hydrogens (tertiary/aromatic N) is 3. The number of methoxy groups -OCH3 is 1. The molecule has 0 bridgehead atoms. The fourth-order valence-corrected chi connectivity index (χ4v) is 6.16. The molecule has 0 aromatic heterocycles. The van der Waals surface area contributed by atoms with Crippen LogP contribution in [0.4, 0.5) is 4.79 Å². The van der Waals surface area contributed by atoms with E-state index in [9.17, 15) is 9.59 Å². The lowest BCUT2D eigenvalue weighted by molar-refractivity contribution is -0.130. The van der Waals surface area contributed by atoms with Gasteiger partial charge in [0.25, 0.3) is 5.24 Å². The highest BCUT2D eigenvalue weighted by Gasteiger charge is 2.26. The molecule has 1 unspecified atom stereocenters. The van der Waals surface area contributed by atoms with Crippen LogP contribution in [0.5, 0.6) is 5.75 Å². The van der Waals surface area contributed by atoms with Crippen LogP contribution >= 0.6 is 11.8 Å². The number of amides is 2. The van der Waals surface area contributed by atoms with Crippen LogP contribution in [0, 0.1) is 0 Å². The number of aryl methyl sites for hydroxylation is 1. The Morgan fingerprint density at radius 1 is 1.22 bits per heavy atom. The van der Waals surface area contributed by atoms with Crippen molar-refractivity contribution in [2.45, 2.75) is 77.8 Å². The fourth-order valence-electron chi connectivity index (χ4n) is 5.42. The number of hydrogen-bond acceptors (Lipinski definition) is 6. The van der Waals surface area contributed by atoms with Crippen molar-refractivity contribution >= 4 is 22.9 Å². The van der Waals surface area contributed by atoms with Gasteiger partial charge in [-0.3, -0.25) is 9.59 Å². The number of carbonyl (C=O) groups is 2. The first kappa shape index (κ1) is 29.8. The van der Waals surface area contributed by atoms with E-state index < -0.39 is 0 Å². The van der Waals surface area contributed by atoms with Crippen LogP contribution in [-0.2, 0) is 17.6 Å². The summed E-state index contributed by atoms with van der Waals surface area (Å²) in [6.07, 6.45) is 7.54. The van der Waals surface area contributed by atoms with E-state index in [1.165, 1.54) is 29.3 Å². The van der Waals surface area contributed by atoms with Crippen molar-refractivity contribution in [3.05, 3.63) is 29.3 Å². The maximum absolute atomic E-state index is 12.9. The zero-order valence-electron chi connectivity index (χ0n) is 23.5.